The molecule has 2 aliphatic heterocycles. The van der Waals surface area contributed by atoms with Crippen molar-refractivity contribution in [3.05, 3.63) is 18.3 Å². The molecule has 0 aliphatic carbocycles. The first-order valence-corrected chi connectivity index (χ1v) is 6.31. The van der Waals surface area contributed by atoms with Crippen LogP contribution in [0.5, 0.6) is 5.88 Å². The van der Waals surface area contributed by atoms with Crippen LogP contribution in [0.4, 0.5) is 0 Å². The molecular weight excluding hydrogens is 232 g/mol. The van der Waals surface area contributed by atoms with Crippen molar-refractivity contribution in [3.63, 3.8) is 0 Å². The summed E-state index contributed by atoms with van der Waals surface area (Å²) >= 11 is 0. The molecule has 0 unspecified atom stereocenters. The molecule has 1 N–H and O–H groups in total. The van der Waals surface area contributed by atoms with Crippen LogP contribution in [0.1, 0.15) is 1.43 Å². The maximum absolute atomic E-state index is 11.8. The molecule has 16 heavy (non-hydrogen) atoms. The number of hydrogen-bond donors (Lipinski definition) is 1. The highest BCUT2D eigenvalue weighted by Gasteiger charge is 2.45. The van der Waals surface area contributed by atoms with Gasteiger partial charge in [-0.15, -0.1) is 0 Å². The summed E-state index contributed by atoms with van der Waals surface area (Å²) in [5.74, 6) is 0.149. The van der Waals surface area contributed by atoms with Gasteiger partial charge in [-0.05, 0) is 12.1 Å². The Hall–Kier alpha value is -1.18. The Balaban J connectivity index is 0.00000108. The van der Waals surface area contributed by atoms with Crippen molar-refractivity contribution in [3.8, 4) is 5.88 Å². The van der Waals surface area contributed by atoms with Crippen molar-refractivity contribution in [2.45, 2.75) is 10.5 Å². The molecule has 0 aromatic carbocycles. The molecule has 3 rings (SSSR count). The third-order valence-corrected chi connectivity index (χ3v) is 4.07. The maximum Gasteiger partial charge on any atom is 0.246 e. The molecule has 0 saturated carbocycles. The molecule has 3 heterocycles. The lowest BCUT2D eigenvalue weighted by molar-refractivity contribution is -0.158. The first-order valence-electron chi connectivity index (χ1n) is 4.83. The monoisotopic (exact) mass is 244 g/mol. The molecule has 0 radical (unpaired) electrons. The van der Waals surface area contributed by atoms with Crippen LogP contribution >= 0.6 is 0 Å². The summed E-state index contributed by atoms with van der Waals surface area (Å²) in [6.45, 7) is 0.975. The zero-order chi connectivity index (χ0) is 11.2. The Kier molecular flexibility index (Phi) is 1.97. The standard InChI is InChI=1S/C9H10N2O4S.H2/c12-16(13)7-2-1-3-10-8(7)15-9(4-11-16)5-14-6-9;/h1-3,11H,4-6H2;1H. The van der Waals surface area contributed by atoms with Gasteiger partial charge in [-0.25, -0.2) is 18.1 Å². The van der Waals surface area contributed by atoms with Crippen molar-refractivity contribution in [2.75, 3.05) is 19.8 Å². The van der Waals surface area contributed by atoms with Crippen molar-refractivity contribution >= 4 is 10.0 Å². The van der Waals surface area contributed by atoms with Crippen LogP contribution in [0.3, 0.4) is 0 Å². The molecule has 6 nitrogen and oxygen atoms in total. The fourth-order valence-electron chi connectivity index (χ4n) is 1.69. The summed E-state index contributed by atoms with van der Waals surface area (Å²) in [4.78, 5) is 4.04. The van der Waals surface area contributed by atoms with Crippen molar-refractivity contribution in [1.29, 1.82) is 0 Å². The zero-order valence-electron chi connectivity index (χ0n) is 8.34. The van der Waals surface area contributed by atoms with E-state index in [0.29, 0.717) is 13.2 Å². The van der Waals surface area contributed by atoms with E-state index in [-0.39, 0.29) is 18.7 Å². The molecule has 7 heteroatoms. The van der Waals surface area contributed by atoms with Crippen molar-refractivity contribution in [2.24, 2.45) is 0 Å². The van der Waals surface area contributed by atoms with Gasteiger partial charge in [0.15, 0.2) is 5.60 Å². The van der Waals surface area contributed by atoms with E-state index in [1.807, 2.05) is 0 Å². The minimum atomic E-state index is -3.52. The SMILES string of the molecule is O=S1(=O)NCC2(COC2)Oc2ncccc21.[HH]. The van der Waals surface area contributed by atoms with Gasteiger partial charge >= 0.3 is 0 Å². The molecule has 0 amide bonds. The summed E-state index contributed by atoms with van der Waals surface area (Å²) in [5.41, 5.74) is -0.591. The van der Waals surface area contributed by atoms with Gasteiger partial charge in [-0.2, -0.15) is 0 Å². The molecule has 1 aromatic heterocycles. The number of sulfonamides is 1. The first-order chi connectivity index (χ1) is 7.61. The highest BCUT2D eigenvalue weighted by molar-refractivity contribution is 7.89. The number of aromatic nitrogens is 1. The van der Waals surface area contributed by atoms with E-state index in [2.05, 4.69) is 9.71 Å². The van der Waals surface area contributed by atoms with Gasteiger partial charge in [0, 0.05) is 7.62 Å². The van der Waals surface area contributed by atoms with E-state index in [9.17, 15) is 8.42 Å². The second-order valence-electron chi connectivity index (χ2n) is 3.91. The van der Waals surface area contributed by atoms with Gasteiger partial charge in [0.2, 0.25) is 15.9 Å². The minimum absolute atomic E-state index is 0. The molecule has 2 aliphatic rings. The number of nitrogens with zero attached hydrogens (tertiary/aromatic N) is 1. The number of fused-ring (bicyclic) bond motifs is 1. The lowest BCUT2D eigenvalue weighted by Crippen LogP contribution is -2.59. The minimum Gasteiger partial charge on any atom is -0.464 e. The summed E-state index contributed by atoms with van der Waals surface area (Å²) in [6.07, 6.45) is 1.51. The summed E-state index contributed by atoms with van der Waals surface area (Å²) in [5, 5.41) is 0. The molecule has 1 fully saturated rings. The largest absolute Gasteiger partial charge is 0.464 e. The fraction of sp³-hybridized carbons (Fsp3) is 0.444. The molecule has 1 aromatic rings. The fourth-order valence-corrected chi connectivity index (χ4v) is 2.88. The van der Waals surface area contributed by atoms with Gasteiger partial charge in [0.05, 0.1) is 19.8 Å². The van der Waals surface area contributed by atoms with Crippen LogP contribution < -0.4 is 9.46 Å². The third-order valence-electron chi connectivity index (χ3n) is 2.65. The molecule has 0 atom stereocenters. The van der Waals surface area contributed by atoms with Crippen molar-refractivity contribution in [1.82, 2.24) is 9.71 Å². The Morgan fingerprint density at radius 1 is 1.50 bits per heavy atom. The average Bonchev–Trinajstić information content (AvgIpc) is 2.33. The van der Waals surface area contributed by atoms with Crippen LogP contribution in [0.15, 0.2) is 23.2 Å². The normalized spacial score (nSPS) is 25.0. The molecule has 88 valence electrons. The predicted octanol–water partition coefficient (Wildman–Crippen LogP) is -0.233. The second kappa shape index (κ2) is 3.16. The lowest BCUT2D eigenvalue weighted by Gasteiger charge is -2.39. The topological polar surface area (TPSA) is 77.5 Å². The van der Waals surface area contributed by atoms with E-state index in [1.54, 1.807) is 6.07 Å². The average molecular weight is 244 g/mol. The lowest BCUT2D eigenvalue weighted by atomic mass is 10.0. The van der Waals surface area contributed by atoms with Crippen LogP contribution in [-0.2, 0) is 14.8 Å². The number of hydrogen-bond acceptors (Lipinski definition) is 5. The highest BCUT2D eigenvalue weighted by atomic mass is 32.2. The predicted molar refractivity (Wildman–Crippen MR) is 55.7 cm³/mol. The molecule has 1 saturated heterocycles. The van der Waals surface area contributed by atoms with Gasteiger partial charge in [-0.3, -0.25) is 0 Å². The van der Waals surface area contributed by atoms with E-state index in [0.717, 1.165) is 0 Å². The highest BCUT2D eigenvalue weighted by Crippen LogP contribution is 2.31. The number of rotatable bonds is 0. The maximum atomic E-state index is 11.8. The molecular formula is C9H12N2O4S. The summed E-state index contributed by atoms with van der Waals surface area (Å²) < 4.78 is 36.9. The van der Waals surface area contributed by atoms with Crippen LogP contribution in [0.25, 0.3) is 0 Å². The van der Waals surface area contributed by atoms with E-state index >= 15 is 0 Å². The Labute approximate surface area is 94.1 Å². The van der Waals surface area contributed by atoms with E-state index in [1.165, 1.54) is 12.3 Å². The van der Waals surface area contributed by atoms with Crippen LogP contribution in [-0.4, -0.2) is 38.8 Å². The quantitative estimate of drug-likeness (QED) is 0.682. The van der Waals surface area contributed by atoms with E-state index < -0.39 is 15.6 Å². The smallest absolute Gasteiger partial charge is 0.246 e. The number of nitrogens with one attached hydrogen (secondary N) is 1. The summed E-state index contributed by atoms with van der Waals surface area (Å²) in [6, 6.07) is 3.04. The van der Waals surface area contributed by atoms with Crippen molar-refractivity contribution < 1.29 is 19.3 Å². The second-order valence-corrected chi connectivity index (χ2v) is 5.64. The third kappa shape index (κ3) is 1.40. The Bertz CT molecular complexity index is 530. The van der Waals surface area contributed by atoms with Gasteiger partial charge < -0.3 is 9.47 Å². The number of pyridine rings is 1. The molecule has 0 bridgehead atoms. The Morgan fingerprint density at radius 2 is 2.31 bits per heavy atom. The van der Waals surface area contributed by atoms with Crippen LogP contribution in [0.2, 0.25) is 0 Å². The zero-order valence-corrected chi connectivity index (χ0v) is 9.16. The van der Waals surface area contributed by atoms with Crippen LogP contribution in [0, 0.1) is 0 Å². The van der Waals surface area contributed by atoms with E-state index in [4.69, 9.17) is 9.47 Å². The van der Waals surface area contributed by atoms with Gasteiger partial charge in [0.25, 0.3) is 0 Å². The Morgan fingerprint density at radius 3 is 3.00 bits per heavy atom. The number of ether oxygens (including phenoxy) is 2. The van der Waals surface area contributed by atoms with Gasteiger partial charge in [0.1, 0.15) is 4.90 Å². The van der Waals surface area contributed by atoms with Gasteiger partial charge in [-0.1, -0.05) is 0 Å². The molecule has 1 spiro atoms. The summed E-state index contributed by atoms with van der Waals surface area (Å²) in [7, 11) is -3.52. The first kappa shape index (κ1) is 10.0.